The number of benzene rings is 2. The van der Waals surface area contributed by atoms with Crippen molar-refractivity contribution in [3.8, 4) is 11.5 Å². The maximum atomic E-state index is 12.3. The highest BCUT2D eigenvalue weighted by Crippen LogP contribution is 2.34. The Morgan fingerprint density at radius 3 is 2.61 bits per heavy atom. The van der Waals surface area contributed by atoms with Crippen LogP contribution in [0.15, 0.2) is 42.5 Å². The number of para-hydroxylation sites is 1. The van der Waals surface area contributed by atoms with Crippen molar-refractivity contribution in [2.24, 2.45) is 0 Å². The molecule has 2 aromatic carbocycles. The first-order valence-corrected chi connectivity index (χ1v) is 8.64. The molecule has 28 heavy (non-hydrogen) atoms. The Labute approximate surface area is 162 Å². The number of rotatable bonds is 6. The highest BCUT2D eigenvalue weighted by atomic mass is 16.7. The highest BCUT2D eigenvalue weighted by molar-refractivity contribution is 6.02. The Bertz CT molecular complexity index is 911. The first-order chi connectivity index (χ1) is 13.5. The lowest BCUT2D eigenvalue weighted by Gasteiger charge is -2.23. The predicted molar refractivity (Wildman–Crippen MR) is 102 cm³/mol. The van der Waals surface area contributed by atoms with E-state index in [-0.39, 0.29) is 37.1 Å². The molecule has 1 aliphatic rings. The second kappa shape index (κ2) is 8.43. The van der Waals surface area contributed by atoms with Gasteiger partial charge >= 0.3 is 5.97 Å². The molecule has 2 aromatic rings. The smallest absolute Gasteiger partial charge is 0.339 e. The molecule has 146 valence electrons. The molecule has 0 fully saturated rings. The van der Waals surface area contributed by atoms with E-state index in [0.717, 1.165) is 0 Å². The second-order valence-corrected chi connectivity index (χ2v) is 6.05. The number of nitrogens with one attached hydrogen (secondary N) is 1. The summed E-state index contributed by atoms with van der Waals surface area (Å²) in [5.74, 6) is 0.0786. The van der Waals surface area contributed by atoms with Crippen molar-refractivity contribution in [1.82, 2.24) is 0 Å². The molecule has 8 nitrogen and oxygen atoms in total. The summed E-state index contributed by atoms with van der Waals surface area (Å²) in [5.41, 5.74) is 1.23. The van der Waals surface area contributed by atoms with Gasteiger partial charge in [0.05, 0.1) is 18.4 Å². The summed E-state index contributed by atoms with van der Waals surface area (Å²) in [5, 5.41) is 2.76. The van der Waals surface area contributed by atoms with E-state index in [0.29, 0.717) is 22.9 Å². The predicted octanol–water partition coefficient (Wildman–Crippen LogP) is 2.58. The van der Waals surface area contributed by atoms with Crippen LogP contribution in [0.4, 0.5) is 11.4 Å². The molecule has 1 heterocycles. The SMILES string of the molecule is COC(=O)c1ccccc1N(CCC(=O)Nc1ccc2c(c1)OCO2)C(C)=O. The molecule has 0 atom stereocenters. The van der Waals surface area contributed by atoms with E-state index in [9.17, 15) is 14.4 Å². The average molecular weight is 384 g/mol. The highest BCUT2D eigenvalue weighted by Gasteiger charge is 2.21. The molecule has 0 bridgehead atoms. The number of hydrogen-bond donors (Lipinski definition) is 1. The molecule has 2 amide bonds. The lowest BCUT2D eigenvalue weighted by Crippen LogP contribution is -2.33. The Morgan fingerprint density at radius 2 is 1.86 bits per heavy atom. The van der Waals surface area contributed by atoms with E-state index in [1.54, 1.807) is 42.5 Å². The van der Waals surface area contributed by atoms with Crippen LogP contribution in [-0.4, -0.2) is 38.2 Å². The number of amides is 2. The van der Waals surface area contributed by atoms with Gasteiger partial charge in [-0.1, -0.05) is 12.1 Å². The number of hydrogen-bond acceptors (Lipinski definition) is 6. The van der Waals surface area contributed by atoms with Crippen molar-refractivity contribution in [3.05, 3.63) is 48.0 Å². The molecule has 1 aliphatic heterocycles. The van der Waals surface area contributed by atoms with Crippen molar-refractivity contribution in [2.45, 2.75) is 13.3 Å². The zero-order valence-corrected chi connectivity index (χ0v) is 15.6. The van der Waals surface area contributed by atoms with E-state index < -0.39 is 5.97 Å². The van der Waals surface area contributed by atoms with Crippen LogP contribution in [0.1, 0.15) is 23.7 Å². The van der Waals surface area contributed by atoms with Gasteiger partial charge in [-0.25, -0.2) is 4.79 Å². The standard InChI is InChI=1S/C20H20N2O6/c1-13(23)22(16-6-4-3-5-15(16)20(25)26-2)10-9-19(24)21-14-7-8-17-18(11-14)28-12-27-17/h3-8,11H,9-10,12H2,1-2H3,(H,21,24). The first-order valence-electron chi connectivity index (χ1n) is 8.64. The fourth-order valence-electron chi connectivity index (χ4n) is 2.85. The molecule has 0 saturated carbocycles. The third-order valence-corrected chi connectivity index (χ3v) is 4.20. The van der Waals surface area contributed by atoms with Crippen LogP contribution in [0, 0.1) is 0 Å². The molecule has 0 radical (unpaired) electrons. The monoisotopic (exact) mass is 384 g/mol. The van der Waals surface area contributed by atoms with Crippen LogP contribution in [0.25, 0.3) is 0 Å². The van der Waals surface area contributed by atoms with Crippen LogP contribution in [0.2, 0.25) is 0 Å². The largest absolute Gasteiger partial charge is 0.465 e. The molecule has 0 aliphatic carbocycles. The topological polar surface area (TPSA) is 94.2 Å². The molecular formula is C20H20N2O6. The summed E-state index contributed by atoms with van der Waals surface area (Å²) in [6, 6.07) is 11.7. The molecule has 0 aromatic heterocycles. The quantitative estimate of drug-likeness (QED) is 0.770. The van der Waals surface area contributed by atoms with Crippen LogP contribution >= 0.6 is 0 Å². The lowest BCUT2D eigenvalue weighted by molar-refractivity contribution is -0.117. The average Bonchev–Trinajstić information content (AvgIpc) is 3.15. The van der Waals surface area contributed by atoms with Crippen molar-refractivity contribution < 1.29 is 28.6 Å². The first kappa shape index (κ1) is 19.2. The van der Waals surface area contributed by atoms with Gasteiger partial charge in [-0.15, -0.1) is 0 Å². The fraction of sp³-hybridized carbons (Fsp3) is 0.250. The van der Waals surface area contributed by atoms with Gasteiger partial charge in [0.1, 0.15) is 0 Å². The van der Waals surface area contributed by atoms with Crippen molar-refractivity contribution >= 4 is 29.2 Å². The molecule has 3 rings (SSSR count). The molecular weight excluding hydrogens is 364 g/mol. The number of carbonyl (C=O) groups is 3. The zero-order chi connectivity index (χ0) is 20.1. The van der Waals surface area contributed by atoms with E-state index in [1.807, 2.05) is 0 Å². The maximum Gasteiger partial charge on any atom is 0.339 e. The van der Waals surface area contributed by atoms with Gasteiger partial charge in [-0.2, -0.15) is 0 Å². The van der Waals surface area contributed by atoms with Gasteiger partial charge in [-0.05, 0) is 24.3 Å². The number of fused-ring (bicyclic) bond motifs is 1. The summed E-state index contributed by atoms with van der Waals surface area (Å²) in [7, 11) is 1.27. The molecule has 0 saturated heterocycles. The molecule has 0 spiro atoms. The number of esters is 1. The number of anilines is 2. The van der Waals surface area contributed by atoms with Crippen LogP contribution in [-0.2, 0) is 14.3 Å². The Hall–Kier alpha value is -3.55. The third-order valence-electron chi connectivity index (χ3n) is 4.20. The van der Waals surface area contributed by atoms with Crippen molar-refractivity contribution in [3.63, 3.8) is 0 Å². The van der Waals surface area contributed by atoms with Gasteiger partial charge in [0.25, 0.3) is 0 Å². The second-order valence-electron chi connectivity index (χ2n) is 6.05. The number of methoxy groups -OCH3 is 1. The Balaban J connectivity index is 1.68. The minimum absolute atomic E-state index is 0.0452. The van der Waals surface area contributed by atoms with E-state index in [4.69, 9.17) is 14.2 Å². The van der Waals surface area contributed by atoms with Gasteiger partial charge in [0.2, 0.25) is 18.6 Å². The number of carbonyl (C=O) groups excluding carboxylic acids is 3. The van der Waals surface area contributed by atoms with Gasteiger partial charge in [0.15, 0.2) is 11.5 Å². The van der Waals surface area contributed by atoms with Gasteiger partial charge < -0.3 is 24.4 Å². The van der Waals surface area contributed by atoms with Gasteiger partial charge in [-0.3, -0.25) is 9.59 Å². The summed E-state index contributed by atoms with van der Waals surface area (Å²) < 4.78 is 15.3. The summed E-state index contributed by atoms with van der Waals surface area (Å²) in [6.07, 6.45) is 0.0452. The summed E-state index contributed by atoms with van der Waals surface area (Å²) in [4.78, 5) is 37.8. The minimum Gasteiger partial charge on any atom is -0.465 e. The lowest BCUT2D eigenvalue weighted by atomic mass is 10.1. The number of ether oxygens (including phenoxy) is 3. The van der Waals surface area contributed by atoms with E-state index >= 15 is 0 Å². The molecule has 1 N–H and O–H groups in total. The van der Waals surface area contributed by atoms with Crippen LogP contribution in [0.3, 0.4) is 0 Å². The Kier molecular flexibility index (Phi) is 5.78. The zero-order valence-electron chi connectivity index (χ0n) is 15.6. The molecule has 0 unspecified atom stereocenters. The van der Waals surface area contributed by atoms with Gasteiger partial charge in [0, 0.05) is 31.6 Å². The number of nitrogens with zero attached hydrogens (tertiary/aromatic N) is 1. The van der Waals surface area contributed by atoms with Crippen molar-refractivity contribution in [1.29, 1.82) is 0 Å². The molecule has 8 heteroatoms. The fourth-order valence-corrected chi connectivity index (χ4v) is 2.85. The maximum absolute atomic E-state index is 12.3. The normalized spacial score (nSPS) is 11.6. The van der Waals surface area contributed by atoms with Crippen LogP contribution in [0.5, 0.6) is 11.5 Å². The third kappa shape index (κ3) is 4.22. The van der Waals surface area contributed by atoms with Crippen LogP contribution < -0.4 is 19.7 Å². The summed E-state index contributed by atoms with van der Waals surface area (Å²) in [6.45, 7) is 1.64. The van der Waals surface area contributed by atoms with E-state index in [2.05, 4.69) is 5.32 Å². The minimum atomic E-state index is -0.549. The summed E-state index contributed by atoms with van der Waals surface area (Å²) >= 11 is 0. The van der Waals surface area contributed by atoms with Crippen molar-refractivity contribution in [2.75, 3.05) is 30.7 Å². The Morgan fingerprint density at radius 1 is 1.11 bits per heavy atom. The van der Waals surface area contributed by atoms with E-state index in [1.165, 1.54) is 18.9 Å².